The maximum atomic E-state index is 5.93. The summed E-state index contributed by atoms with van der Waals surface area (Å²) in [6.45, 7) is 3.30. The molecule has 1 heterocycles. The Bertz CT molecular complexity index is 914. The minimum absolute atomic E-state index is 0. The fourth-order valence-electron chi connectivity index (χ4n) is 2.78. The first-order valence-corrected chi connectivity index (χ1v) is 9.52. The summed E-state index contributed by atoms with van der Waals surface area (Å²) in [5.41, 5.74) is 2.19. The first-order valence-electron chi connectivity index (χ1n) is 9.52. The highest BCUT2D eigenvalue weighted by Gasteiger charge is 2.07. The van der Waals surface area contributed by atoms with Crippen LogP contribution in [0.2, 0.25) is 0 Å². The van der Waals surface area contributed by atoms with Crippen molar-refractivity contribution in [2.75, 3.05) is 20.7 Å². The molecular formula is C22H28IN5O2. The zero-order chi connectivity index (χ0) is 20.5. The van der Waals surface area contributed by atoms with Crippen LogP contribution in [0.5, 0.6) is 11.5 Å². The highest BCUT2D eigenvalue weighted by Crippen LogP contribution is 2.19. The van der Waals surface area contributed by atoms with E-state index in [0.29, 0.717) is 13.1 Å². The standard InChI is InChI=1S/C22H27N5O2.HI/c1-17(29-21-7-4-6-20(14-21)28-3)15-24-22(23-2)25-16-18-8-10-19(11-9-18)27-13-5-12-26-27;/h4-14,17H,15-16H2,1-3H3,(H2,23,24,25);1H. The zero-order valence-corrected chi connectivity index (χ0v) is 19.7. The van der Waals surface area contributed by atoms with Crippen LogP contribution in [-0.2, 0) is 6.54 Å². The van der Waals surface area contributed by atoms with Crippen LogP contribution in [0.4, 0.5) is 0 Å². The number of methoxy groups -OCH3 is 1. The third-order valence-electron chi connectivity index (χ3n) is 4.32. The molecule has 0 bridgehead atoms. The molecule has 0 saturated heterocycles. The van der Waals surface area contributed by atoms with Gasteiger partial charge in [0.25, 0.3) is 0 Å². The monoisotopic (exact) mass is 521 g/mol. The molecule has 0 aliphatic heterocycles. The maximum Gasteiger partial charge on any atom is 0.191 e. The molecule has 0 fully saturated rings. The predicted octanol–water partition coefficient (Wildman–Crippen LogP) is 3.63. The van der Waals surface area contributed by atoms with Crippen molar-refractivity contribution >= 4 is 29.9 Å². The summed E-state index contributed by atoms with van der Waals surface area (Å²) in [4.78, 5) is 4.27. The van der Waals surface area contributed by atoms with E-state index in [0.717, 1.165) is 28.7 Å². The van der Waals surface area contributed by atoms with Gasteiger partial charge in [-0.15, -0.1) is 24.0 Å². The first-order chi connectivity index (χ1) is 14.2. The lowest BCUT2D eigenvalue weighted by atomic mass is 10.2. The smallest absolute Gasteiger partial charge is 0.191 e. The number of nitrogens with one attached hydrogen (secondary N) is 2. The summed E-state index contributed by atoms with van der Waals surface area (Å²) in [5.74, 6) is 2.28. The topological polar surface area (TPSA) is 72.7 Å². The molecule has 1 aromatic heterocycles. The van der Waals surface area contributed by atoms with Gasteiger partial charge in [0.2, 0.25) is 0 Å². The summed E-state index contributed by atoms with van der Waals surface area (Å²) in [7, 11) is 3.40. The van der Waals surface area contributed by atoms with Crippen LogP contribution in [-0.4, -0.2) is 42.5 Å². The Labute approximate surface area is 194 Å². The molecule has 2 aromatic carbocycles. The van der Waals surface area contributed by atoms with Gasteiger partial charge in [-0.05, 0) is 42.8 Å². The molecule has 3 rings (SSSR count). The van der Waals surface area contributed by atoms with E-state index in [2.05, 4.69) is 32.9 Å². The lowest BCUT2D eigenvalue weighted by Crippen LogP contribution is -2.41. The second-order valence-corrected chi connectivity index (χ2v) is 6.53. The number of halogens is 1. The summed E-state index contributed by atoms with van der Waals surface area (Å²) in [5, 5.41) is 10.8. The molecule has 0 amide bonds. The van der Waals surface area contributed by atoms with Crippen LogP contribution >= 0.6 is 24.0 Å². The fourth-order valence-corrected chi connectivity index (χ4v) is 2.78. The van der Waals surface area contributed by atoms with Gasteiger partial charge in [-0.1, -0.05) is 18.2 Å². The van der Waals surface area contributed by atoms with E-state index in [1.165, 1.54) is 0 Å². The van der Waals surface area contributed by atoms with Crippen LogP contribution in [0.25, 0.3) is 5.69 Å². The SMILES string of the molecule is CN=C(NCc1ccc(-n2cccn2)cc1)NCC(C)Oc1cccc(OC)c1.I. The van der Waals surface area contributed by atoms with Gasteiger partial charge in [-0.2, -0.15) is 5.10 Å². The Morgan fingerprint density at radius 1 is 1.10 bits per heavy atom. The Kier molecular flexibility index (Phi) is 9.46. The predicted molar refractivity (Wildman–Crippen MR) is 130 cm³/mol. The van der Waals surface area contributed by atoms with Gasteiger partial charge in [0.05, 0.1) is 19.3 Å². The van der Waals surface area contributed by atoms with Gasteiger partial charge in [0.1, 0.15) is 17.6 Å². The molecule has 160 valence electrons. The lowest BCUT2D eigenvalue weighted by molar-refractivity contribution is 0.223. The van der Waals surface area contributed by atoms with E-state index < -0.39 is 0 Å². The zero-order valence-electron chi connectivity index (χ0n) is 17.4. The van der Waals surface area contributed by atoms with E-state index >= 15 is 0 Å². The number of hydrogen-bond acceptors (Lipinski definition) is 4. The highest BCUT2D eigenvalue weighted by molar-refractivity contribution is 14.0. The summed E-state index contributed by atoms with van der Waals surface area (Å²) in [6, 6.07) is 17.7. The molecular weight excluding hydrogens is 493 g/mol. The molecule has 1 unspecified atom stereocenters. The second kappa shape index (κ2) is 12.1. The van der Waals surface area contributed by atoms with Crippen LogP contribution in [0.15, 0.2) is 72.0 Å². The van der Waals surface area contributed by atoms with E-state index in [4.69, 9.17) is 9.47 Å². The Morgan fingerprint density at radius 3 is 2.53 bits per heavy atom. The van der Waals surface area contributed by atoms with E-state index in [-0.39, 0.29) is 30.1 Å². The van der Waals surface area contributed by atoms with Crippen molar-refractivity contribution in [3.63, 3.8) is 0 Å². The van der Waals surface area contributed by atoms with Gasteiger partial charge >= 0.3 is 0 Å². The maximum absolute atomic E-state index is 5.93. The largest absolute Gasteiger partial charge is 0.497 e. The summed E-state index contributed by atoms with van der Waals surface area (Å²) >= 11 is 0. The Balaban J connectivity index is 0.00000320. The van der Waals surface area contributed by atoms with Crippen molar-refractivity contribution in [3.05, 3.63) is 72.6 Å². The van der Waals surface area contributed by atoms with Gasteiger partial charge < -0.3 is 20.1 Å². The van der Waals surface area contributed by atoms with Gasteiger partial charge in [0.15, 0.2) is 5.96 Å². The lowest BCUT2D eigenvalue weighted by Gasteiger charge is -2.18. The second-order valence-electron chi connectivity index (χ2n) is 6.53. The quantitative estimate of drug-likeness (QED) is 0.269. The molecule has 30 heavy (non-hydrogen) atoms. The fraction of sp³-hybridized carbons (Fsp3) is 0.273. The van der Waals surface area contributed by atoms with Crippen molar-refractivity contribution in [1.82, 2.24) is 20.4 Å². The van der Waals surface area contributed by atoms with E-state index in [1.807, 2.05) is 60.3 Å². The molecule has 2 N–H and O–H groups in total. The number of guanidine groups is 1. The van der Waals surface area contributed by atoms with Crippen molar-refractivity contribution in [3.8, 4) is 17.2 Å². The number of ether oxygens (including phenoxy) is 2. The molecule has 1 atom stereocenters. The van der Waals surface area contributed by atoms with Gasteiger partial charge in [-0.3, -0.25) is 4.99 Å². The normalized spacial score (nSPS) is 11.9. The van der Waals surface area contributed by atoms with Crippen molar-refractivity contribution in [2.45, 2.75) is 19.6 Å². The molecule has 0 saturated carbocycles. The number of aliphatic imine (C=N–C) groups is 1. The summed E-state index contributed by atoms with van der Waals surface area (Å²) in [6.07, 6.45) is 3.66. The van der Waals surface area contributed by atoms with Crippen molar-refractivity contribution in [2.24, 2.45) is 4.99 Å². The van der Waals surface area contributed by atoms with Crippen LogP contribution in [0, 0.1) is 0 Å². The molecule has 0 spiro atoms. The number of nitrogens with zero attached hydrogens (tertiary/aromatic N) is 3. The number of rotatable bonds is 8. The molecule has 0 aliphatic carbocycles. The van der Waals surface area contributed by atoms with Crippen LogP contribution in [0.1, 0.15) is 12.5 Å². The minimum atomic E-state index is -0.0333. The third-order valence-corrected chi connectivity index (χ3v) is 4.32. The molecule has 7 nitrogen and oxygen atoms in total. The van der Waals surface area contributed by atoms with Crippen LogP contribution in [0.3, 0.4) is 0 Å². The highest BCUT2D eigenvalue weighted by atomic mass is 127. The molecule has 0 aliphatic rings. The first kappa shape index (κ1) is 23.5. The average Bonchev–Trinajstić information content (AvgIpc) is 3.29. The average molecular weight is 521 g/mol. The van der Waals surface area contributed by atoms with Crippen molar-refractivity contribution in [1.29, 1.82) is 0 Å². The van der Waals surface area contributed by atoms with Gasteiger partial charge in [-0.25, -0.2) is 4.68 Å². The van der Waals surface area contributed by atoms with Gasteiger partial charge in [0, 0.05) is 32.1 Å². The number of benzene rings is 2. The van der Waals surface area contributed by atoms with Crippen molar-refractivity contribution < 1.29 is 9.47 Å². The number of hydrogen-bond donors (Lipinski definition) is 2. The number of aromatic nitrogens is 2. The Hall–Kier alpha value is -2.75. The van der Waals surface area contributed by atoms with E-state index in [9.17, 15) is 0 Å². The Morgan fingerprint density at radius 2 is 1.87 bits per heavy atom. The molecule has 0 radical (unpaired) electrons. The molecule has 8 heteroatoms. The molecule has 3 aromatic rings. The minimum Gasteiger partial charge on any atom is -0.497 e. The van der Waals surface area contributed by atoms with E-state index in [1.54, 1.807) is 20.4 Å². The summed E-state index contributed by atoms with van der Waals surface area (Å²) < 4.78 is 13.0. The van der Waals surface area contributed by atoms with Crippen LogP contribution < -0.4 is 20.1 Å². The third kappa shape index (κ3) is 6.94.